The Kier molecular flexibility index (Phi) is 3.89. The molecule has 0 amide bonds. The molecule has 0 spiro atoms. The summed E-state index contributed by atoms with van der Waals surface area (Å²) in [4.78, 5) is 0. The number of hydrogen-bond donors (Lipinski definition) is 0. The first kappa shape index (κ1) is 8.62. The first-order chi connectivity index (χ1) is 3.30. The Morgan fingerprint density at radius 2 is 1.50 bits per heavy atom. The van der Waals surface area contributed by atoms with Crippen LogP contribution in [-0.2, 0) is 20.4 Å². The van der Waals surface area contributed by atoms with E-state index < -0.39 is 0 Å². The molecule has 2 atom stereocenters. The van der Waals surface area contributed by atoms with Crippen molar-refractivity contribution in [3.63, 3.8) is 0 Å². The van der Waals surface area contributed by atoms with Gasteiger partial charge in [-0.2, -0.15) is 0 Å². The van der Waals surface area contributed by atoms with Crippen LogP contribution in [-0.4, -0.2) is 13.1 Å². The van der Waals surface area contributed by atoms with Crippen LogP contribution in [0.25, 0.3) is 5.32 Å². The van der Waals surface area contributed by atoms with Crippen molar-refractivity contribution >= 4 is 0 Å². The molecule has 0 aromatic carbocycles. The van der Waals surface area contributed by atoms with Crippen LogP contribution in [0.4, 0.5) is 0 Å². The van der Waals surface area contributed by atoms with E-state index in [2.05, 4.69) is 19.2 Å². The Balaban J connectivity index is 0.000000490. The van der Waals surface area contributed by atoms with Gasteiger partial charge in [-0.1, -0.05) is 25.7 Å². The third-order valence-corrected chi connectivity index (χ3v) is 1.81. The zero-order chi connectivity index (χ0) is 5.28. The molecule has 0 N–H and O–H groups in total. The summed E-state index contributed by atoms with van der Waals surface area (Å²) >= 11 is 0. The van der Waals surface area contributed by atoms with E-state index in [4.69, 9.17) is 0 Å². The van der Waals surface area contributed by atoms with Crippen molar-refractivity contribution in [1.29, 1.82) is 0 Å². The summed E-state index contributed by atoms with van der Waals surface area (Å²) < 4.78 is 0. The third kappa shape index (κ3) is 1.86. The molecule has 1 heterocycles. The summed E-state index contributed by atoms with van der Waals surface area (Å²) in [5.41, 5.74) is 0. The van der Waals surface area contributed by atoms with Crippen molar-refractivity contribution in [2.45, 2.75) is 13.8 Å². The molecule has 1 radical (unpaired) electrons. The van der Waals surface area contributed by atoms with Crippen LogP contribution >= 0.6 is 0 Å². The first-order valence-corrected chi connectivity index (χ1v) is 2.94. The van der Waals surface area contributed by atoms with E-state index in [9.17, 15) is 0 Å². The second kappa shape index (κ2) is 3.61. The van der Waals surface area contributed by atoms with Crippen molar-refractivity contribution in [2.75, 3.05) is 13.1 Å². The van der Waals surface area contributed by atoms with Gasteiger partial charge < -0.3 is 5.32 Å². The number of rotatable bonds is 0. The van der Waals surface area contributed by atoms with Crippen molar-refractivity contribution in [2.24, 2.45) is 11.8 Å². The van der Waals surface area contributed by atoms with E-state index >= 15 is 0 Å². The molecule has 1 saturated heterocycles. The molecule has 1 aliphatic heterocycles. The van der Waals surface area contributed by atoms with Crippen molar-refractivity contribution in [3.05, 3.63) is 5.32 Å². The van der Waals surface area contributed by atoms with Gasteiger partial charge in [-0.3, -0.25) is 0 Å². The molecule has 2 unspecified atom stereocenters. The summed E-state index contributed by atoms with van der Waals surface area (Å²) in [6, 6.07) is 0. The zero-order valence-electron chi connectivity index (χ0n) is 5.39. The van der Waals surface area contributed by atoms with Gasteiger partial charge in [0.2, 0.25) is 0 Å². The molecule has 2 heteroatoms. The summed E-state index contributed by atoms with van der Waals surface area (Å²) in [6.45, 7) is 6.73. The fourth-order valence-corrected chi connectivity index (χ4v) is 0.842. The smallest absolute Gasteiger partial charge is 0 e. The predicted molar refractivity (Wildman–Crippen MR) is 31.4 cm³/mol. The molecule has 0 bridgehead atoms. The molecule has 0 saturated carbocycles. The van der Waals surface area contributed by atoms with E-state index in [-0.39, 0.29) is 20.4 Å². The normalized spacial score (nSPS) is 36.8. The van der Waals surface area contributed by atoms with E-state index in [0.29, 0.717) is 0 Å². The topological polar surface area (TPSA) is 14.1 Å². The van der Waals surface area contributed by atoms with E-state index in [1.807, 2.05) is 0 Å². The van der Waals surface area contributed by atoms with Gasteiger partial charge in [0.05, 0.1) is 0 Å². The number of nitrogens with zero attached hydrogens (tertiary/aromatic N) is 1. The van der Waals surface area contributed by atoms with Crippen LogP contribution < -0.4 is 0 Å². The molecule has 0 aliphatic carbocycles. The summed E-state index contributed by atoms with van der Waals surface area (Å²) in [6.07, 6.45) is 0. The zero-order valence-corrected chi connectivity index (χ0v) is 8.11. The minimum atomic E-state index is 0. The fraction of sp³-hybridized carbons (Fsp3) is 1.00. The quantitative estimate of drug-likeness (QED) is 0.642. The van der Waals surface area contributed by atoms with E-state index in [0.717, 1.165) is 24.9 Å². The molecule has 8 heavy (non-hydrogen) atoms. The molecule has 49 valence electrons. The second-order valence-electron chi connectivity index (χ2n) is 2.54. The second-order valence-corrected chi connectivity index (χ2v) is 2.54. The molecule has 1 aliphatic rings. The van der Waals surface area contributed by atoms with E-state index in [1.165, 1.54) is 0 Å². The Hall–Kier alpha value is 0.622. The Morgan fingerprint density at radius 1 is 1.12 bits per heavy atom. The third-order valence-electron chi connectivity index (χ3n) is 1.81. The Labute approximate surface area is 64.9 Å². The summed E-state index contributed by atoms with van der Waals surface area (Å²) in [5, 5.41) is 4.25. The number of hydrogen-bond acceptors (Lipinski definition) is 0. The fourth-order valence-electron chi connectivity index (χ4n) is 0.842. The summed E-state index contributed by atoms with van der Waals surface area (Å²) in [7, 11) is 0. The maximum atomic E-state index is 4.25. The predicted octanol–water partition coefficient (Wildman–Crippen LogP) is 1.64. The molecule has 1 fully saturated rings. The molecule has 1 rings (SSSR count). The van der Waals surface area contributed by atoms with Crippen LogP contribution in [0, 0.1) is 11.8 Å². The standard InChI is InChI=1S/C6H12N.Re/c1-5-3-7-4-6(5)2;/h5-6H,3-4H2,1-2H3;/q-1;. The van der Waals surface area contributed by atoms with E-state index in [1.54, 1.807) is 0 Å². The van der Waals surface area contributed by atoms with Gasteiger partial charge in [-0.05, 0) is 0 Å². The van der Waals surface area contributed by atoms with Gasteiger partial charge in [0.1, 0.15) is 0 Å². The Bertz CT molecular complexity index is 57.5. The van der Waals surface area contributed by atoms with Gasteiger partial charge >= 0.3 is 0 Å². The maximum Gasteiger partial charge on any atom is 0 e. The van der Waals surface area contributed by atoms with Crippen LogP contribution in [0.15, 0.2) is 0 Å². The molecular formula is C6H12NRe-. The maximum absolute atomic E-state index is 4.25. The van der Waals surface area contributed by atoms with Gasteiger partial charge in [0.15, 0.2) is 0 Å². The minimum Gasteiger partial charge on any atom is -0.662 e. The van der Waals surface area contributed by atoms with Gasteiger partial charge in [-0.25, -0.2) is 0 Å². The van der Waals surface area contributed by atoms with Crippen molar-refractivity contribution < 1.29 is 20.4 Å². The SMILES string of the molecule is CC1C[N-]CC1C.[Re]. The minimum absolute atomic E-state index is 0. The molecule has 0 aromatic heterocycles. The van der Waals surface area contributed by atoms with Gasteiger partial charge in [-0.15, -0.1) is 13.1 Å². The summed E-state index contributed by atoms with van der Waals surface area (Å²) in [5.74, 6) is 1.69. The van der Waals surface area contributed by atoms with Crippen LogP contribution in [0.2, 0.25) is 0 Å². The Morgan fingerprint density at radius 3 is 1.62 bits per heavy atom. The average molecular weight is 284 g/mol. The van der Waals surface area contributed by atoms with Crippen LogP contribution in [0.5, 0.6) is 0 Å². The largest absolute Gasteiger partial charge is 0.662 e. The van der Waals surface area contributed by atoms with Crippen LogP contribution in [0.3, 0.4) is 0 Å². The van der Waals surface area contributed by atoms with Gasteiger partial charge in [0, 0.05) is 20.4 Å². The molecule has 1 nitrogen and oxygen atoms in total. The first-order valence-electron chi connectivity index (χ1n) is 2.94. The van der Waals surface area contributed by atoms with Crippen LogP contribution in [0.1, 0.15) is 13.8 Å². The molecular weight excluding hydrogens is 272 g/mol. The van der Waals surface area contributed by atoms with Crippen molar-refractivity contribution in [3.8, 4) is 0 Å². The monoisotopic (exact) mass is 285 g/mol. The van der Waals surface area contributed by atoms with Gasteiger partial charge in [0.25, 0.3) is 0 Å². The molecule has 0 aromatic rings. The average Bonchev–Trinajstić information content (AvgIpc) is 1.91. The van der Waals surface area contributed by atoms with Crippen molar-refractivity contribution in [1.82, 2.24) is 0 Å².